The maximum atomic E-state index is 12.6. The van der Waals surface area contributed by atoms with E-state index >= 15 is 0 Å². The van der Waals surface area contributed by atoms with Gasteiger partial charge in [0, 0.05) is 6.61 Å². The van der Waals surface area contributed by atoms with Crippen LogP contribution in [0.15, 0.2) is 85.1 Å². The minimum atomic E-state index is -4.56. The first-order valence-electron chi connectivity index (χ1n) is 23.3. The predicted octanol–water partition coefficient (Wildman–Crippen LogP) is 13.4. The number of phosphoric acid groups is 1. The van der Waals surface area contributed by atoms with Crippen molar-refractivity contribution in [1.29, 1.82) is 0 Å². The molecule has 2 unspecified atom stereocenters. The summed E-state index contributed by atoms with van der Waals surface area (Å²) in [6, 6.07) is 0. The molecular weight excluding hydrogens is 758 g/mol. The van der Waals surface area contributed by atoms with Crippen molar-refractivity contribution >= 4 is 13.8 Å². The molecule has 0 aromatic rings. The first-order chi connectivity index (χ1) is 28.6. The van der Waals surface area contributed by atoms with E-state index in [9.17, 15) is 14.3 Å². The highest BCUT2D eigenvalue weighted by Crippen LogP contribution is 2.38. The minimum absolute atomic E-state index is 0.00491. The third-order valence-corrected chi connectivity index (χ3v) is 10.4. The second-order valence-corrected chi connectivity index (χ2v) is 17.8. The molecule has 59 heavy (non-hydrogen) atoms. The van der Waals surface area contributed by atoms with Crippen molar-refractivity contribution in [1.82, 2.24) is 0 Å². The number of phosphoric ester groups is 1. The first kappa shape index (κ1) is 56.7. The number of hydrogen-bond acceptors (Lipinski definition) is 7. The van der Waals surface area contributed by atoms with Crippen LogP contribution < -0.4 is 4.89 Å². The lowest BCUT2D eigenvalue weighted by Crippen LogP contribution is -2.37. The van der Waals surface area contributed by atoms with Crippen molar-refractivity contribution in [3.63, 3.8) is 0 Å². The van der Waals surface area contributed by atoms with E-state index in [0.717, 1.165) is 44.9 Å². The van der Waals surface area contributed by atoms with E-state index < -0.39 is 19.9 Å². The molecule has 0 aliphatic carbocycles. The van der Waals surface area contributed by atoms with E-state index in [2.05, 4.69) is 86.8 Å². The summed E-state index contributed by atoms with van der Waals surface area (Å²) in [7, 11) is 1.29. The number of hydrogen-bond donors (Lipinski definition) is 0. The fourth-order valence-electron chi connectivity index (χ4n) is 5.89. The smallest absolute Gasteiger partial charge is 0.310 e. The summed E-state index contributed by atoms with van der Waals surface area (Å²) in [5, 5.41) is 0. The summed E-state index contributed by atoms with van der Waals surface area (Å²) in [5.74, 6) is -0.464. The molecule has 0 fully saturated rings. The molecule has 0 spiro atoms. The zero-order valence-corrected chi connectivity index (χ0v) is 39.3. The van der Waals surface area contributed by atoms with Gasteiger partial charge in [0.1, 0.15) is 19.3 Å². The molecule has 0 aromatic heterocycles. The topological polar surface area (TPSA) is 94.1 Å². The van der Waals surface area contributed by atoms with Gasteiger partial charge in [-0.2, -0.15) is 0 Å². The van der Waals surface area contributed by atoms with Gasteiger partial charge >= 0.3 is 5.97 Å². The number of carbonyl (C=O) groups is 1. The van der Waals surface area contributed by atoms with Crippen molar-refractivity contribution < 1.29 is 37.3 Å². The van der Waals surface area contributed by atoms with Gasteiger partial charge in [-0.05, 0) is 70.6 Å². The van der Waals surface area contributed by atoms with Crippen molar-refractivity contribution in [3.8, 4) is 0 Å². The molecule has 0 rings (SSSR count). The largest absolute Gasteiger partial charge is 0.756 e. The molecule has 0 amide bonds. The molecule has 0 saturated heterocycles. The summed E-state index contributed by atoms with van der Waals surface area (Å²) in [6.45, 7) is 5.13. The van der Waals surface area contributed by atoms with Gasteiger partial charge in [0.25, 0.3) is 7.82 Å². The Bertz CT molecular complexity index is 1210. The van der Waals surface area contributed by atoms with E-state index in [4.69, 9.17) is 18.5 Å². The molecular formula is C50H88NO7P. The van der Waals surface area contributed by atoms with Crippen LogP contribution in [0.25, 0.3) is 0 Å². The Kier molecular flexibility index (Phi) is 40.7. The highest BCUT2D eigenvalue weighted by molar-refractivity contribution is 7.45. The molecule has 0 aliphatic heterocycles. The van der Waals surface area contributed by atoms with Gasteiger partial charge in [-0.3, -0.25) is 9.36 Å². The average molecular weight is 846 g/mol. The summed E-state index contributed by atoms with van der Waals surface area (Å²) in [6.07, 6.45) is 56.4. The highest BCUT2D eigenvalue weighted by atomic mass is 31.2. The van der Waals surface area contributed by atoms with Crippen LogP contribution in [-0.4, -0.2) is 70.7 Å². The van der Waals surface area contributed by atoms with Crippen LogP contribution >= 0.6 is 7.82 Å². The lowest BCUT2D eigenvalue weighted by Gasteiger charge is -2.28. The van der Waals surface area contributed by atoms with E-state index in [1.165, 1.54) is 96.3 Å². The lowest BCUT2D eigenvalue weighted by atomic mass is 10.1. The Balaban J connectivity index is 4.28. The molecule has 0 heterocycles. The van der Waals surface area contributed by atoms with Gasteiger partial charge in [0.2, 0.25) is 0 Å². The summed E-state index contributed by atoms with van der Waals surface area (Å²) < 4.78 is 34.5. The number of esters is 1. The molecule has 0 aromatic carbocycles. The van der Waals surface area contributed by atoms with Crippen molar-refractivity contribution in [2.24, 2.45) is 0 Å². The van der Waals surface area contributed by atoms with Crippen LogP contribution in [-0.2, 0) is 27.9 Å². The summed E-state index contributed by atoms with van der Waals surface area (Å²) in [4.78, 5) is 25.0. The van der Waals surface area contributed by atoms with E-state index in [1.807, 2.05) is 27.2 Å². The van der Waals surface area contributed by atoms with Crippen LogP contribution in [0.5, 0.6) is 0 Å². The molecule has 2 atom stereocenters. The molecule has 0 N–H and O–H groups in total. The monoisotopic (exact) mass is 846 g/mol. The van der Waals surface area contributed by atoms with Gasteiger partial charge in [-0.25, -0.2) is 0 Å². The Labute approximate surface area is 363 Å². The fourth-order valence-corrected chi connectivity index (χ4v) is 6.62. The first-order valence-corrected chi connectivity index (χ1v) is 24.8. The lowest BCUT2D eigenvalue weighted by molar-refractivity contribution is -0.870. The van der Waals surface area contributed by atoms with Crippen molar-refractivity contribution in [3.05, 3.63) is 85.1 Å². The molecule has 0 aliphatic rings. The van der Waals surface area contributed by atoms with Crippen molar-refractivity contribution in [2.45, 2.75) is 174 Å². The minimum Gasteiger partial charge on any atom is -0.756 e. The van der Waals surface area contributed by atoms with E-state index in [0.29, 0.717) is 24.1 Å². The summed E-state index contributed by atoms with van der Waals surface area (Å²) >= 11 is 0. The van der Waals surface area contributed by atoms with E-state index in [-0.39, 0.29) is 26.2 Å². The zero-order chi connectivity index (χ0) is 43.4. The maximum Gasteiger partial charge on any atom is 0.310 e. The number of rotatable bonds is 42. The van der Waals surface area contributed by atoms with Gasteiger partial charge in [-0.1, -0.05) is 176 Å². The highest BCUT2D eigenvalue weighted by Gasteiger charge is 2.20. The normalized spacial score (nSPS) is 14.5. The predicted molar refractivity (Wildman–Crippen MR) is 249 cm³/mol. The number of likely N-dealkylation sites (N-methyl/N-ethyl adjacent to an activating group) is 1. The average Bonchev–Trinajstić information content (AvgIpc) is 3.19. The third kappa shape index (κ3) is 46.6. The molecule has 9 heteroatoms. The van der Waals surface area contributed by atoms with Gasteiger partial charge < -0.3 is 27.9 Å². The molecule has 340 valence electrons. The Morgan fingerprint density at radius 2 is 0.983 bits per heavy atom. The number of nitrogens with zero attached hydrogens (tertiary/aromatic N) is 1. The van der Waals surface area contributed by atoms with Crippen LogP contribution in [0.3, 0.4) is 0 Å². The van der Waals surface area contributed by atoms with Crippen LogP contribution in [0.1, 0.15) is 168 Å². The number of quaternary nitrogens is 1. The molecule has 0 bridgehead atoms. The molecule has 8 nitrogen and oxygen atoms in total. The molecule has 0 saturated carbocycles. The number of ether oxygens (including phenoxy) is 2. The van der Waals surface area contributed by atoms with Crippen LogP contribution in [0.4, 0.5) is 0 Å². The SMILES string of the molecule is CC/C=C\C/C=C\C/C=C\C/C=C\C/C=C\CC(=O)OC(COCCCCCCCCCCCC/C=C\C/C=C\CCCCCCC)COP(=O)([O-])OCC[N+](C)(C)C. The fraction of sp³-hybridized carbons (Fsp3) is 0.700. The van der Waals surface area contributed by atoms with Gasteiger partial charge in [0.15, 0.2) is 0 Å². The third-order valence-electron chi connectivity index (χ3n) is 9.46. The Morgan fingerprint density at radius 1 is 0.542 bits per heavy atom. The van der Waals surface area contributed by atoms with Gasteiger partial charge in [-0.15, -0.1) is 0 Å². The molecule has 0 radical (unpaired) electrons. The van der Waals surface area contributed by atoms with Crippen LogP contribution in [0.2, 0.25) is 0 Å². The number of unbranched alkanes of at least 4 members (excludes halogenated alkanes) is 15. The second-order valence-electron chi connectivity index (χ2n) is 16.4. The number of carbonyl (C=O) groups excluding carboxylic acids is 1. The van der Waals surface area contributed by atoms with Crippen molar-refractivity contribution in [2.75, 3.05) is 54.1 Å². The van der Waals surface area contributed by atoms with E-state index in [1.54, 1.807) is 6.08 Å². The Hall–Kier alpha value is -2.32. The van der Waals surface area contributed by atoms with Gasteiger partial charge in [0.05, 0.1) is 40.8 Å². The summed E-state index contributed by atoms with van der Waals surface area (Å²) in [5.41, 5.74) is 0. The quantitative estimate of drug-likeness (QED) is 0.0199. The standard InChI is InChI=1S/C50H88NO7P/c1-6-8-10-12-14-16-18-20-22-23-24-25-26-27-28-30-32-34-36-38-40-42-45-55-47-49(48-57-59(53,54)56-46-44-51(3,4)5)58-50(52)43-41-39-37-35-33-31-29-21-19-17-15-13-11-9-7-2/h9,11,15,17-18,20-21,23-24,29,33,35,39,41,49H,6-8,10,12-14,16,19,22,25-28,30-32,34,36-38,40,42-48H2,1-5H3/b11-9-,17-15-,20-18-,24-23-,29-21-,35-33-,41-39-. The second kappa shape index (κ2) is 42.4. The number of allylic oxidation sites excluding steroid dienone is 13. The zero-order valence-electron chi connectivity index (χ0n) is 38.4. The van der Waals surface area contributed by atoms with Crippen LogP contribution in [0, 0.1) is 0 Å². The Morgan fingerprint density at radius 3 is 1.47 bits per heavy atom. The maximum absolute atomic E-state index is 12.6.